The number of aryl methyl sites for hydroxylation is 1. The van der Waals surface area contributed by atoms with E-state index in [9.17, 15) is 4.79 Å². The molecule has 1 amide bonds. The molecular weight excluding hydrogens is 334 g/mol. The highest BCUT2D eigenvalue weighted by Crippen LogP contribution is 2.25. The highest BCUT2D eigenvalue weighted by Gasteiger charge is 2.17. The lowest BCUT2D eigenvalue weighted by Crippen LogP contribution is -2.32. The summed E-state index contributed by atoms with van der Waals surface area (Å²) in [6.45, 7) is 6.81. The van der Waals surface area contributed by atoms with Crippen LogP contribution in [0.4, 0.5) is 11.4 Å². The maximum Gasteiger partial charge on any atom is 0.267 e. The molecule has 0 bridgehead atoms. The second-order valence-corrected chi connectivity index (χ2v) is 7.71. The van der Waals surface area contributed by atoms with Gasteiger partial charge in [0, 0.05) is 31.6 Å². The van der Waals surface area contributed by atoms with Crippen LogP contribution in [0.5, 0.6) is 0 Å². The van der Waals surface area contributed by atoms with Gasteiger partial charge in [0.05, 0.1) is 12.3 Å². The van der Waals surface area contributed by atoms with Crippen LogP contribution in [0.3, 0.4) is 0 Å². The van der Waals surface area contributed by atoms with Crippen LogP contribution in [0.25, 0.3) is 0 Å². The van der Waals surface area contributed by atoms with Crippen molar-refractivity contribution in [3.05, 3.63) is 39.8 Å². The van der Waals surface area contributed by atoms with Gasteiger partial charge in [0.15, 0.2) is 0 Å². The third kappa shape index (κ3) is 4.38. The fourth-order valence-corrected chi connectivity index (χ4v) is 3.99. The Balaban J connectivity index is 1.64. The Bertz CT molecular complexity index is 719. The number of nitrogens with zero attached hydrogens (tertiary/aromatic N) is 2. The van der Waals surface area contributed by atoms with Gasteiger partial charge in [-0.2, -0.15) is 0 Å². The zero-order valence-corrected chi connectivity index (χ0v) is 15.9. The minimum Gasteiger partial charge on any atom is -0.378 e. The van der Waals surface area contributed by atoms with Crippen LogP contribution in [-0.4, -0.2) is 31.1 Å². The average molecular weight is 359 g/mol. The molecule has 3 rings (SSSR count). The first-order valence-corrected chi connectivity index (χ1v) is 9.50. The predicted octanol–water partition coefficient (Wildman–Crippen LogP) is 4.09. The molecule has 6 heteroatoms. The number of amides is 1. The summed E-state index contributed by atoms with van der Waals surface area (Å²) in [7, 11) is 1.63. The van der Waals surface area contributed by atoms with E-state index in [1.165, 1.54) is 29.9 Å². The molecule has 0 unspecified atom stereocenters. The van der Waals surface area contributed by atoms with E-state index in [4.69, 9.17) is 4.74 Å². The van der Waals surface area contributed by atoms with Crippen molar-refractivity contribution in [3.63, 3.8) is 0 Å². The molecule has 2 aromatic rings. The third-order valence-electron chi connectivity index (χ3n) is 4.59. The fraction of sp³-hybridized carbons (Fsp3) is 0.474. The zero-order chi connectivity index (χ0) is 17.8. The predicted molar refractivity (Wildman–Crippen MR) is 103 cm³/mol. The molecule has 0 spiro atoms. The van der Waals surface area contributed by atoms with Crippen molar-refractivity contribution in [2.24, 2.45) is 5.92 Å². The SMILES string of the molecule is COCc1nc(C)c(C(=O)Nc2ccc(N3CCC(C)CC3)cc2)s1. The van der Waals surface area contributed by atoms with Gasteiger partial charge in [0.2, 0.25) is 0 Å². The summed E-state index contributed by atoms with van der Waals surface area (Å²) >= 11 is 1.38. The maximum atomic E-state index is 12.5. The number of nitrogens with one attached hydrogen (secondary N) is 1. The molecule has 1 fully saturated rings. The molecule has 0 radical (unpaired) electrons. The number of carbonyl (C=O) groups excluding carboxylic acids is 1. The Morgan fingerprint density at radius 1 is 1.32 bits per heavy atom. The highest BCUT2D eigenvalue weighted by molar-refractivity contribution is 7.13. The standard InChI is InChI=1S/C19H25N3O2S/c1-13-8-10-22(11-9-13)16-6-4-15(5-7-16)21-19(23)18-14(2)20-17(25-18)12-24-3/h4-7,13H,8-12H2,1-3H3,(H,21,23). The first kappa shape index (κ1) is 17.9. The molecule has 134 valence electrons. The quantitative estimate of drug-likeness (QED) is 0.874. The number of piperidine rings is 1. The van der Waals surface area contributed by atoms with Gasteiger partial charge in [-0.15, -0.1) is 11.3 Å². The second kappa shape index (κ2) is 7.97. The Hall–Kier alpha value is -1.92. The van der Waals surface area contributed by atoms with E-state index in [2.05, 4.69) is 34.3 Å². The largest absolute Gasteiger partial charge is 0.378 e. The van der Waals surface area contributed by atoms with E-state index < -0.39 is 0 Å². The van der Waals surface area contributed by atoms with E-state index >= 15 is 0 Å². The molecular formula is C19H25N3O2S. The maximum absolute atomic E-state index is 12.5. The molecule has 1 aromatic heterocycles. The first-order chi connectivity index (χ1) is 12.1. The monoisotopic (exact) mass is 359 g/mol. The number of methoxy groups -OCH3 is 1. The number of aromatic nitrogens is 1. The van der Waals surface area contributed by atoms with Gasteiger partial charge >= 0.3 is 0 Å². The molecule has 1 N–H and O–H groups in total. The van der Waals surface area contributed by atoms with Gasteiger partial charge in [0.1, 0.15) is 9.88 Å². The van der Waals surface area contributed by atoms with Crippen molar-refractivity contribution in [3.8, 4) is 0 Å². The summed E-state index contributed by atoms with van der Waals surface area (Å²) in [6.07, 6.45) is 2.49. The number of anilines is 2. The summed E-state index contributed by atoms with van der Waals surface area (Å²) in [6, 6.07) is 8.11. The molecule has 1 aromatic carbocycles. The lowest BCUT2D eigenvalue weighted by Gasteiger charge is -2.32. The summed E-state index contributed by atoms with van der Waals surface area (Å²) in [5, 5.41) is 3.78. The van der Waals surface area contributed by atoms with E-state index in [1.54, 1.807) is 7.11 Å². The number of rotatable bonds is 5. The fourth-order valence-electron chi connectivity index (χ4n) is 3.06. The van der Waals surface area contributed by atoms with Crippen LogP contribution in [0.15, 0.2) is 24.3 Å². The first-order valence-electron chi connectivity index (χ1n) is 8.68. The second-order valence-electron chi connectivity index (χ2n) is 6.63. The number of thiazole rings is 1. The summed E-state index contributed by atoms with van der Waals surface area (Å²) < 4.78 is 5.08. The van der Waals surface area contributed by atoms with Crippen LogP contribution >= 0.6 is 11.3 Å². The molecule has 1 saturated heterocycles. The smallest absolute Gasteiger partial charge is 0.267 e. The lowest BCUT2D eigenvalue weighted by atomic mass is 9.99. The third-order valence-corrected chi connectivity index (χ3v) is 5.72. The number of hydrogen-bond acceptors (Lipinski definition) is 5. The number of benzene rings is 1. The molecule has 0 aliphatic carbocycles. The van der Waals surface area contributed by atoms with Gasteiger partial charge < -0.3 is 15.0 Å². The van der Waals surface area contributed by atoms with Crippen molar-refractivity contribution >= 4 is 28.6 Å². The van der Waals surface area contributed by atoms with E-state index in [0.717, 1.165) is 35.4 Å². The molecule has 25 heavy (non-hydrogen) atoms. The number of carbonyl (C=O) groups is 1. The van der Waals surface area contributed by atoms with Crippen molar-refractivity contribution in [2.45, 2.75) is 33.3 Å². The van der Waals surface area contributed by atoms with Gasteiger partial charge in [-0.25, -0.2) is 4.98 Å². The van der Waals surface area contributed by atoms with Crippen LogP contribution in [0.1, 0.15) is 40.1 Å². The minimum absolute atomic E-state index is 0.114. The highest BCUT2D eigenvalue weighted by atomic mass is 32.1. The van der Waals surface area contributed by atoms with Gasteiger partial charge in [-0.1, -0.05) is 6.92 Å². The molecule has 5 nitrogen and oxygen atoms in total. The number of ether oxygens (including phenoxy) is 1. The Kier molecular flexibility index (Phi) is 5.71. The molecule has 1 aliphatic rings. The molecule has 1 aliphatic heterocycles. The van der Waals surface area contributed by atoms with E-state index in [-0.39, 0.29) is 5.91 Å². The zero-order valence-electron chi connectivity index (χ0n) is 15.0. The van der Waals surface area contributed by atoms with Crippen molar-refractivity contribution < 1.29 is 9.53 Å². The average Bonchev–Trinajstić information content (AvgIpc) is 2.97. The van der Waals surface area contributed by atoms with Crippen molar-refractivity contribution in [1.29, 1.82) is 0 Å². The van der Waals surface area contributed by atoms with Crippen molar-refractivity contribution in [2.75, 3.05) is 30.4 Å². The molecule has 2 heterocycles. The van der Waals surface area contributed by atoms with Crippen molar-refractivity contribution in [1.82, 2.24) is 4.98 Å². The van der Waals surface area contributed by atoms with Crippen LogP contribution in [-0.2, 0) is 11.3 Å². The van der Waals surface area contributed by atoms with Crippen LogP contribution in [0.2, 0.25) is 0 Å². The van der Waals surface area contributed by atoms with E-state index in [1.807, 2.05) is 19.1 Å². The van der Waals surface area contributed by atoms with Crippen LogP contribution in [0, 0.1) is 12.8 Å². The minimum atomic E-state index is -0.114. The summed E-state index contributed by atoms with van der Waals surface area (Å²) in [5.41, 5.74) is 2.77. The molecule has 0 atom stereocenters. The normalized spacial score (nSPS) is 15.4. The Morgan fingerprint density at radius 3 is 2.64 bits per heavy atom. The number of hydrogen-bond donors (Lipinski definition) is 1. The van der Waals surface area contributed by atoms with Gasteiger partial charge in [0.25, 0.3) is 5.91 Å². The molecule has 0 saturated carbocycles. The summed E-state index contributed by atoms with van der Waals surface area (Å²) in [5.74, 6) is 0.706. The van der Waals surface area contributed by atoms with Crippen LogP contribution < -0.4 is 10.2 Å². The van der Waals surface area contributed by atoms with Gasteiger partial charge in [-0.05, 0) is 49.9 Å². The van der Waals surface area contributed by atoms with Gasteiger partial charge in [-0.3, -0.25) is 4.79 Å². The topological polar surface area (TPSA) is 54.5 Å². The van der Waals surface area contributed by atoms with E-state index in [0.29, 0.717) is 11.5 Å². The Morgan fingerprint density at radius 2 is 2.00 bits per heavy atom. The Labute approximate surface area is 153 Å². The lowest BCUT2D eigenvalue weighted by molar-refractivity contribution is 0.103. The summed E-state index contributed by atoms with van der Waals surface area (Å²) in [4.78, 5) is 19.9.